The second kappa shape index (κ2) is 7.36. The molecule has 2 aromatic rings. The lowest BCUT2D eigenvalue weighted by Crippen LogP contribution is -2.10. The number of pyridine rings is 1. The monoisotopic (exact) mass is 352 g/mol. The number of para-hydroxylation sites is 1. The van der Waals surface area contributed by atoms with Crippen molar-refractivity contribution in [2.24, 2.45) is 4.99 Å². The SMILES string of the molecule is COC(=O)C1=C(O)/C(=C\c2ccccn2)SC1=Nc1ccccc1C. The van der Waals surface area contributed by atoms with E-state index in [0.29, 0.717) is 15.6 Å². The molecule has 1 aromatic heterocycles. The fourth-order valence-electron chi connectivity index (χ4n) is 2.28. The van der Waals surface area contributed by atoms with E-state index in [2.05, 4.69) is 9.98 Å². The summed E-state index contributed by atoms with van der Waals surface area (Å²) < 4.78 is 4.81. The number of methoxy groups -OCH3 is 1. The second-order valence-electron chi connectivity index (χ2n) is 5.28. The summed E-state index contributed by atoms with van der Waals surface area (Å²) in [5.41, 5.74) is 2.45. The quantitative estimate of drug-likeness (QED) is 0.839. The van der Waals surface area contributed by atoms with Gasteiger partial charge in [-0.15, -0.1) is 0 Å². The minimum atomic E-state index is -0.623. The number of aryl methyl sites for hydroxylation is 1. The molecule has 5 nitrogen and oxygen atoms in total. The highest BCUT2D eigenvalue weighted by Gasteiger charge is 2.33. The van der Waals surface area contributed by atoms with Gasteiger partial charge in [-0.3, -0.25) is 4.98 Å². The van der Waals surface area contributed by atoms with E-state index in [-0.39, 0.29) is 11.3 Å². The van der Waals surface area contributed by atoms with Crippen molar-refractivity contribution >= 4 is 34.5 Å². The molecule has 0 fully saturated rings. The Kier molecular flexibility index (Phi) is 5.00. The number of ether oxygens (including phenoxy) is 1. The first-order valence-electron chi connectivity index (χ1n) is 7.57. The first-order valence-corrected chi connectivity index (χ1v) is 8.39. The number of carbonyl (C=O) groups excluding carboxylic acids is 1. The van der Waals surface area contributed by atoms with Crippen LogP contribution in [0, 0.1) is 6.92 Å². The van der Waals surface area contributed by atoms with Crippen LogP contribution in [0.1, 0.15) is 11.3 Å². The van der Waals surface area contributed by atoms with Crippen molar-refractivity contribution < 1.29 is 14.6 Å². The number of hydrogen-bond acceptors (Lipinski definition) is 6. The molecule has 0 unspecified atom stereocenters. The van der Waals surface area contributed by atoms with Crippen LogP contribution in [0.5, 0.6) is 0 Å². The van der Waals surface area contributed by atoms with Crippen LogP contribution in [0.15, 0.2) is 69.9 Å². The molecule has 2 heterocycles. The number of hydrogen-bond donors (Lipinski definition) is 1. The number of aliphatic hydroxyl groups excluding tert-OH is 1. The van der Waals surface area contributed by atoms with Crippen molar-refractivity contribution in [2.75, 3.05) is 7.11 Å². The van der Waals surface area contributed by atoms with Gasteiger partial charge >= 0.3 is 5.97 Å². The van der Waals surface area contributed by atoms with Crippen LogP contribution in [0.25, 0.3) is 6.08 Å². The average Bonchev–Trinajstić information content (AvgIpc) is 2.92. The number of aliphatic hydroxyl groups is 1. The van der Waals surface area contributed by atoms with Crippen molar-refractivity contribution in [3.8, 4) is 0 Å². The summed E-state index contributed by atoms with van der Waals surface area (Å²) in [5, 5.41) is 10.9. The third-order valence-corrected chi connectivity index (χ3v) is 4.60. The Balaban J connectivity index is 2.07. The number of carbonyl (C=O) groups is 1. The first-order chi connectivity index (χ1) is 12.1. The molecule has 6 heteroatoms. The average molecular weight is 352 g/mol. The molecule has 0 atom stereocenters. The maximum atomic E-state index is 12.1. The summed E-state index contributed by atoms with van der Waals surface area (Å²) in [6, 6.07) is 13.1. The van der Waals surface area contributed by atoms with E-state index < -0.39 is 5.97 Å². The standard InChI is InChI=1S/C19H16N2O3S/c1-12-7-3-4-9-14(12)21-18-16(19(23)24-2)17(22)15(25-18)11-13-8-5-6-10-20-13/h3-11,22H,1-2H3/b15-11+,21-18?. The van der Waals surface area contributed by atoms with Crippen molar-refractivity contribution in [1.82, 2.24) is 4.98 Å². The Morgan fingerprint density at radius 2 is 2.00 bits per heavy atom. The van der Waals surface area contributed by atoms with Gasteiger partial charge < -0.3 is 9.84 Å². The normalized spacial score (nSPS) is 17.4. The van der Waals surface area contributed by atoms with Gasteiger partial charge in [0.15, 0.2) is 0 Å². The summed E-state index contributed by atoms with van der Waals surface area (Å²) in [4.78, 5) is 21.4. The molecule has 126 valence electrons. The molecule has 25 heavy (non-hydrogen) atoms. The Morgan fingerprint density at radius 3 is 2.68 bits per heavy atom. The molecule has 0 saturated carbocycles. The molecule has 0 spiro atoms. The number of nitrogens with zero attached hydrogens (tertiary/aromatic N) is 2. The van der Waals surface area contributed by atoms with Crippen LogP contribution >= 0.6 is 11.8 Å². The molecule has 3 rings (SSSR count). The maximum absolute atomic E-state index is 12.1. The van der Waals surface area contributed by atoms with E-state index in [1.54, 1.807) is 12.3 Å². The summed E-state index contributed by atoms with van der Waals surface area (Å²) >= 11 is 1.22. The van der Waals surface area contributed by atoms with Crippen LogP contribution in [0.4, 0.5) is 5.69 Å². The largest absolute Gasteiger partial charge is 0.506 e. The van der Waals surface area contributed by atoms with Gasteiger partial charge in [-0.05, 0) is 36.8 Å². The van der Waals surface area contributed by atoms with Crippen molar-refractivity contribution in [3.05, 3.63) is 76.2 Å². The van der Waals surface area contributed by atoms with Crippen molar-refractivity contribution in [3.63, 3.8) is 0 Å². The van der Waals surface area contributed by atoms with E-state index in [1.807, 2.05) is 49.4 Å². The lowest BCUT2D eigenvalue weighted by Gasteiger charge is -2.03. The van der Waals surface area contributed by atoms with Gasteiger partial charge in [-0.2, -0.15) is 0 Å². The molecule has 1 N–H and O–H groups in total. The van der Waals surface area contributed by atoms with Gasteiger partial charge in [-0.25, -0.2) is 9.79 Å². The van der Waals surface area contributed by atoms with E-state index in [9.17, 15) is 9.90 Å². The van der Waals surface area contributed by atoms with E-state index >= 15 is 0 Å². The Bertz CT molecular complexity index is 902. The second-order valence-corrected chi connectivity index (χ2v) is 6.31. The number of rotatable bonds is 3. The van der Waals surface area contributed by atoms with Crippen molar-refractivity contribution in [1.29, 1.82) is 0 Å². The molecular formula is C19H16N2O3S. The lowest BCUT2D eigenvalue weighted by molar-refractivity contribution is -0.135. The van der Waals surface area contributed by atoms with Gasteiger partial charge in [0.05, 0.1) is 23.4 Å². The van der Waals surface area contributed by atoms with Crippen LogP contribution in [0.2, 0.25) is 0 Å². The highest BCUT2D eigenvalue weighted by Crippen LogP contribution is 2.40. The van der Waals surface area contributed by atoms with Gasteiger partial charge in [0, 0.05) is 6.20 Å². The van der Waals surface area contributed by atoms with E-state index in [4.69, 9.17) is 4.74 Å². The number of benzene rings is 1. The maximum Gasteiger partial charge on any atom is 0.344 e. The van der Waals surface area contributed by atoms with E-state index in [1.165, 1.54) is 18.9 Å². The zero-order chi connectivity index (χ0) is 17.8. The van der Waals surface area contributed by atoms with Crippen LogP contribution in [-0.2, 0) is 9.53 Å². The highest BCUT2D eigenvalue weighted by atomic mass is 32.2. The summed E-state index contributed by atoms with van der Waals surface area (Å²) in [5.74, 6) is -0.767. The first kappa shape index (κ1) is 17.0. The molecule has 0 amide bonds. The van der Waals surface area contributed by atoms with E-state index in [0.717, 1.165) is 11.3 Å². The number of aliphatic imine (C=N–C) groups is 1. The molecule has 0 bridgehead atoms. The molecule has 0 radical (unpaired) electrons. The minimum absolute atomic E-state index is 0.0675. The fourth-order valence-corrected chi connectivity index (χ4v) is 3.30. The summed E-state index contributed by atoms with van der Waals surface area (Å²) in [7, 11) is 1.28. The van der Waals surface area contributed by atoms with Gasteiger partial charge in [0.1, 0.15) is 16.4 Å². The molecule has 0 saturated heterocycles. The zero-order valence-corrected chi connectivity index (χ0v) is 14.6. The molecule has 0 aliphatic carbocycles. The molecular weight excluding hydrogens is 336 g/mol. The molecule has 1 aliphatic rings. The topological polar surface area (TPSA) is 71.8 Å². The Labute approximate surface area is 149 Å². The third kappa shape index (κ3) is 3.64. The van der Waals surface area contributed by atoms with Gasteiger partial charge in [0.25, 0.3) is 0 Å². The summed E-state index contributed by atoms with van der Waals surface area (Å²) in [6.07, 6.45) is 3.37. The fraction of sp³-hybridized carbons (Fsp3) is 0.105. The third-order valence-electron chi connectivity index (χ3n) is 3.58. The van der Waals surface area contributed by atoms with Crippen LogP contribution in [0.3, 0.4) is 0 Å². The smallest absolute Gasteiger partial charge is 0.344 e. The van der Waals surface area contributed by atoms with Gasteiger partial charge in [-0.1, -0.05) is 36.0 Å². The Hall–Kier alpha value is -2.86. The molecule has 1 aliphatic heterocycles. The minimum Gasteiger partial charge on any atom is -0.506 e. The lowest BCUT2D eigenvalue weighted by atomic mass is 10.2. The zero-order valence-electron chi connectivity index (χ0n) is 13.8. The predicted molar refractivity (Wildman–Crippen MR) is 99.7 cm³/mol. The van der Waals surface area contributed by atoms with Crippen LogP contribution in [-0.4, -0.2) is 28.2 Å². The number of esters is 1. The van der Waals surface area contributed by atoms with Crippen LogP contribution < -0.4 is 0 Å². The van der Waals surface area contributed by atoms with Gasteiger partial charge in [0.2, 0.25) is 0 Å². The Morgan fingerprint density at radius 1 is 1.24 bits per heavy atom. The molecule has 1 aromatic carbocycles. The van der Waals surface area contributed by atoms with Crippen molar-refractivity contribution in [2.45, 2.75) is 6.92 Å². The highest BCUT2D eigenvalue weighted by molar-refractivity contribution is 8.18. The summed E-state index contributed by atoms with van der Waals surface area (Å²) in [6.45, 7) is 1.94. The number of aromatic nitrogens is 1. The number of thioether (sulfide) groups is 1. The predicted octanol–water partition coefficient (Wildman–Crippen LogP) is 4.19.